The number of rotatable bonds is 8. The van der Waals surface area contributed by atoms with E-state index < -0.39 is 10.9 Å². The van der Waals surface area contributed by atoms with Crippen molar-refractivity contribution in [2.75, 3.05) is 6.61 Å². The molecule has 0 saturated heterocycles. The summed E-state index contributed by atoms with van der Waals surface area (Å²) in [5.41, 5.74) is 2.20. The van der Waals surface area contributed by atoms with E-state index in [9.17, 15) is 19.3 Å². The second kappa shape index (κ2) is 10.2. The maximum absolute atomic E-state index is 13.1. The molecule has 1 heterocycles. The first kappa shape index (κ1) is 23.6. The molecule has 0 bridgehead atoms. The van der Waals surface area contributed by atoms with Gasteiger partial charge in [-0.25, -0.2) is 14.2 Å². The van der Waals surface area contributed by atoms with Crippen molar-refractivity contribution < 1.29 is 28.3 Å². The van der Waals surface area contributed by atoms with E-state index in [-0.39, 0.29) is 29.7 Å². The lowest BCUT2D eigenvalue weighted by Crippen LogP contribution is -2.06. The van der Waals surface area contributed by atoms with Crippen LogP contribution in [0.25, 0.3) is 6.08 Å². The highest BCUT2D eigenvalue weighted by atomic mass is 19.1. The van der Waals surface area contributed by atoms with E-state index in [4.69, 9.17) is 14.2 Å². The molecule has 0 atom stereocenters. The van der Waals surface area contributed by atoms with Crippen molar-refractivity contribution in [3.05, 3.63) is 105 Å². The summed E-state index contributed by atoms with van der Waals surface area (Å²) in [5, 5.41) is 11.2. The lowest BCUT2D eigenvalue weighted by atomic mass is 10.1. The summed E-state index contributed by atoms with van der Waals surface area (Å²) in [6.45, 7) is 4.08. The summed E-state index contributed by atoms with van der Waals surface area (Å²) in [4.78, 5) is 27.3. The topological polar surface area (TPSA) is 100 Å². The van der Waals surface area contributed by atoms with Crippen molar-refractivity contribution in [2.24, 2.45) is 4.99 Å². The van der Waals surface area contributed by atoms with Crippen LogP contribution in [0.3, 0.4) is 0 Å². The Hall–Kier alpha value is -4.53. The molecule has 1 aliphatic heterocycles. The number of nitro benzene ring substituents is 1. The third kappa shape index (κ3) is 5.52. The second-order valence-electron chi connectivity index (χ2n) is 7.65. The molecule has 178 valence electrons. The molecular formula is C26H21FN2O6. The van der Waals surface area contributed by atoms with Gasteiger partial charge in [0.15, 0.2) is 17.2 Å². The summed E-state index contributed by atoms with van der Waals surface area (Å²) in [6, 6.07) is 15.6. The van der Waals surface area contributed by atoms with Gasteiger partial charge in [0.05, 0.1) is 11.5 Å². The highest BCUT2D eigenvalue weighted by Crippen LogP contribution is 2.31. The van der Waals surface area contributed by atoms with Crippen LogP contribution < -0.4 is 9.47 Å². The van der Waals surface area contributed by atoms with E-state index in [0.717, 1.165) is 5.56 Å². The summed E-state index contributed by atoms with van der Waals surface area (Å²) >= 11 is 0. The minimum Gasteiger partial charge on any atom is -0.490 e. The number of carbonyl (C=O) groups excluding carboxylic acids is 1. The van der Waals surface area contributed by atoms with Gasteiger partial charge in [-0.3, -0.25) is 10.1 Å². The van der Waals surface area contributed by atoms with Crippen molar-refractivity contribution >= 4 is 23.6 Å². The zero-order chi connectivity index (χ0) is 24.9. The standard InChI is InChI=1S/C26H21FN2O6/c1-3-33-24-13-18(7-11-23(24)34-15-17-5-9-20(27)10-6-17)12-21-26(30)35-25(28-21)19-8-4-16(2)22(14-19)29(31)32/h4-14H,3,15H2,1-2H3/b21-12-. The van der Waals surface area contributed by atoms with Crippen LogP contribution in [0.15, 0.2) is 71.4 Å². The SMILES string of the molecule is CCOc1cc(/C=C2\N=C(c3ccc(C)c([N+](=O)[O-])c3)OC2=O)ccc1OCc1ccc(F)cc1. The van der Waals surface area contributed by atoms with Gasteiger partial charge in [0, 0.05) is 17.2 Å². The Morgan fingerprint density at radius 1 is 1.06 bits per heavy atom. The molecule has 35 heavy (non-hydrogen) atoms. The fourth-order valence-corrected chi connectivity index (χ4v) is 3.37. The number of esters is 1. The number of benzene rings is 3. The van der Waals surface area contributed by atoms with Gasteiger partial charge in [0.2, 0.25) is 5.90 Å². The zero-order valence-corrected chi connectivity index (χ0v) is 19.0. The summed E-state index contributed by atoms with van der Waals surface area (Å²) in [7, 11) is 0. The summed E-state index contributed by atoms with van der Waals surface area (Å²) in [5.74, 6) is -0.0402. The molecule has 1 aliphatic rings. The lowest BCUT2D eigenvalue weighted by Gasteiger charge is -2.13. The number of cyclic esters (lactones) is 1. The van der Waals surface area contributed by atoms with Crippen LogP contribution in [0.2, 0.25) is 0 Å². The number of halogens is 1. The second-order valence-corrected chi connectivity index (χ2v) is 7.65. The summed E-state index contributed by atoms with van der Waals surface area (Å²) in [6.07, 6.45) is 1.53. The Balaban J connectivity index is 1.57. The van der Waals surface area contributed by atoms with Gasteiger partial charge in [0.1, 0.15) is 12.4 Å². The average Bonchev–Trinajstić information content (AvgIpc) is 3.20. The van der Waals surface area contributed by atoms with Crippen molar-refractivity contribution in [2.45, 2.75) is 20.5 Å². The Morgan fingerprint density at radius 3 is 2.54 bits per heavy atom. The number of ether oxygens (including phenoxy) is 3. The molecule has 8 nitrogen and oxygen atoms in total. The maximum Gasteiger partial charge on any atom is 0.363 e. The Labute approximate surface area is 200 Å². The van der Waals surface area contributed by atoms with Gasteiger partial charge in [-0.15, -0.1) is 0 Å². The molecule has 0 aliphatic carbocycles. The molecular weight excluding hydrogens is 455 g/mol. The Kier molecular flexibility index (Phi) is 6.86. The molecule has 0 N–H and O–H groups in total. The first-order valence-corrected chi connectivity index (χ1v) is 10.8. The van der Waals surface area contributed by atoms with Gasteiger partial charge in [-0.05, 0) is 61.4 Å². The van der Waals surface area contributed by atoms with Crippen LogP contribution in [0.1, 0.15) is 29.2 Å². The minimum atomic E-state index is -0.669. The predicted molar refractivity (Wildman–Crippen MR) is 127 cm³/mol. The maximum atomic E-state index is 13.1. The molecule has 0 saturated carbocycles. The van der Waals surface area contributed by atoms with Crippen LogP contribution in [-0.4, -0.2) is 23.4 Å². The molecule has 4 rings (SSSR count). The third-order valence-corrected chi connectivity index (χ3v) is 5.15. The predicted octanol–water partition coefficient (Wildman–Crippen LogP) is 5.36. The Morgan fingerprint density at radius 2 is 1.83 bits per heavy atom. The van der Waals surface area contributed by atoms with Crippen LogP contribution in [0.4, 0.5) is 10.1 Å². The fourth-order valence-electron chi connectivity index (χ4n) is 3.37. The average molecular weight is 476 g/mol. The van der Waals surface area contributed by atoms with Crippen LogP contribution in [0.5, 0.6) is 11.5 Å². The van der Waals surface area contributed by atoms with Gasteiger partial charge >= 0.3 is 5.97 Å². The van der Waals surface area contributed by atoms with Crippen molar-refractivity contribution in [3.63, 3.8) is 0 Å². The van der Waals surface area contributed by atoms with Crippen LogP contribution in [-0.2, 0) is 16.1 Å². The van der Waals surface area contributed by atoms with E-state index in [0.29, 0.717) is 34.8 Å². The van der Waals surface area contributed by atoms with Crippen molar-refractivity contribution in [1.82, 2.24) is 0 Å². The first-order chi connectivity index (χ1) is 16.8. The third-order valence-electron chi connectivity index (χ3n) is 5.15. The normalized spacial score (nSPS) is 14.0. The number of aryl methyl sites for hydroxylation is 1. The molecule has 3 aromatic rings. The van der Waals surface area contributed by atoms with Gasteiger partial charge in [-0.2, -0.15) is 0 Å². The lowest BCUT2D eigenvalue weighted by molar-refractivity contribution is -0.385. The van der Waals surface area contributed by atoms with E-state index in [1.54, 1.807) is 49.4 Å². The number of carbonyl (C=O) groups is 1. The zero-order valence-electron chi connectivity index (χ0n) is 19.0. The van der Waals surface area contributed by atoms with Gasteiger partial charge < -0.3 is 14.2 Å². The van der Waals surface area contributed by atoms with Crippen molar-refractivity contribution in [3.8, 4) is 11.5 Å². The smallest absolute Gasteiger partial charge is 0.363 e. The number of hydrogen-bond donors (Lipinski definition) is 0. The molecule has 0 amide bonds. The fraction of sp³-hybridized carbons (Fsp3) is 0.154. The quantitative estimate of drug-likeness (QED) is 0.188. The largest absolute Gasteiger partial charge is 0.490 e. The molecule has 0 fully saturated rings. The molecule has 0 radical (unpaired) electrons. The van der Waals surface area contributed by atoms with Crippen LogP contribution >= 0.6 is 0 Å². The summed E-state index contributed by atoms with van der Waals surface area (Å²) < 4.78 is 29.9. The molecule has 0 unspecified atom stereocenters. The van der Waals surface area contributed by atoms with Gasteiger partial charge in [-0.1, -0.05) is 24.3 Å². The number of nitro groups is 1. The highest BCUT2D eigenvalue weighted by Gasteiger charge is 2.26. The van der Waals surface area contributed by atoms with Crippen molar-refractivity contribution in [1.29, 1.82) is 0 Å². The molecule has 3 aromatic carbocycles. The highest BCUT2D eigenvalue weighted by molar-refractivity contribution is 6.13. The van der Waals surface area contributed by atoms with E-state index in [2.05, 4.69) is 4.99 Å². The monoisotopic (exact) mass is 476 g/mol. The van der Waals surface area contributed by atoms with E-state index >= 15 is 0 Å². The van der Waals surface area contributed by atoms with Gasteiger partial charge in [0.25, 0.3) is 5.69 Å². The number of nitrogens with zero attached hydrogens (tertiary/aromatic N) is 2. The van der Waals surface area contributed by atoms with E-state index in [1.165, 1.54) is 24.3 Å². The Bertz CT molecular complexity index is 1350. The van der Waals surface area contributed by atoms with Crippen LogP contribution in [0, 0.1) is 22.9 Å². The molecule has 0 spiro atoms. The molecule has 0 aromatic heterocycles. The minimum absolute atomic E-state index is 0.00590. The first-order valence-electron chi connectivity index (χ1n) is 10.8. The van der Waals surface area contributed by atoms with E-state index in [1.807, 2.05) is 6.92 Å². The number of hydrogen-bond acceptors (Lipinski definition) is 7. The number of aliphatic imine (C=N–C) groups is 1. The molecule has 9 heteroatoms.